The Morgan fingerprint density at radius 3 is 2.63 bits per heavy atom. The lowest BCUT2D eigenvalue weighted by Crippen LogP contribution is -2.26. The number of carboxylic acid groups (broad SMARTS) is 1. The van der Waals surface area contributed by atoms with Gasteiger partial charge in [0.1, 0.15) is 0 Å². The average molecular weight is 259 g/mol. The van der Waals surface area contributed by atoms with Crippen molar-refractivity contribution in [3.8, 4) is 0 Å². The van der Waals surface area contributed by atoms with Gasteiger partial charge in [0.2, 0.25) is 5.91 Å². The summed E-state index contributed by atoms with van der Waals surface area (Å²) in [6, 6.07) is 6.11. The van der Waals surface area contributed by atoms with E-state index in [1.807, 2.05) is 6.07 Å². The molecule has 1 saturated heterocycles. The van der Waals surface area contributed by atoms with Crippen LogP contribution in [-0.2, 0) is 22.4 Å². The highest BCUT2D eigenvalue weighted by Gasteiger charge is 2.35. The van der Waals surface area contributed by atoms with Crippen LogP contribution in [0, 0.1) is 5.92 Å². The molecule has 0 saturated carbocycles. The maximum absolute atomic E-state index is 11.9. The van der Waals surface area contributed by atoms with Crippen LogP contribution in [0.4, 0.5) is 5.69 Å². The summed E-state index contributed by atoms with van der Waals surface area (Å²) in [7, 11) is 0. The third-order valence-electron chi connectivity index (χ3n) is 4.12. The number of aliphatic carboxylic acids is 1. The zero-order valence-electron chi connectivity index (χ0n) is 10.8. The Labute approximate surface area is 112 Å². The van der Waals surface area contributed by atoms with E-state index in [4.69, 9.17) is 5.11 Å². The van der Waals surface area contributed by atoms with Crippen LogP contribution in [-0.4, -0.2) is 23.5 Å². The van der Waals surface area contributed by atoms with Crippen molar-refractivity contribution in [2.75, 3.05) is 11.4 Å². The fraction of sp³-hybridized carbons (Fsp3) is 0.467. The van der Waals surface area contributed by atoms with Gasteiger partial charge in [-0.1, -0.05) is 6.07 Å². The van der Waals surface area contributed by atoms with Gasteiger partial charge >= 0.3 is 5.97 Å². The zero-order valence-corrected chi connectivity index (χ0v) is 10.8. The minimum absolute atomic E-state index is 0.0804. The van der Waals surface area contributed by atoms with E-state index in [1.165, 1.54) is 24.0 Å². The maximum Gasteiger partial charge on any atom is 0.308 e. The Hall–Kier alpha value is -1.84. The van der Waals surface area contributed by atoms with Gasteiger partial charge in [-0.05, 0) is 48.9 Å². The molecule has 3 rings (SSSR count). The van der Waals surface area contributed by atoms with Crippen LogP contribution in [0.1, 0.15) is 30.4 Å². The van der Waals surface area contributed by atoms with Gasteiger partial charge in [-0.25, -0.2) is 0 Å². The number of carbonyl (C=O) groups is 2. The van der Waals surface area contributed by atoms with E-state index in [2.05, 4.69) is 12.1 Å². The summed E-state index contributed by atoms with van der Waals surface area (Å²) in [5, 5.41) is 9.01. The molecule has 0 radical (unpaired) electrons. The third kappa shape index (κ3) is 2.23. The summed E-state index contributed by atoms with van der Waals surface area (Å²) in [5.41, 5.74) is 3.54. The van der Waals surface area contributed by atoms with E-state index >= 15 is 0 Å². The standard InChI is InChI=1S/C15H17NO3/c17-14-8-12(15(18)19)9-16(14)13-6-5-10-3-1-2-4-11(10)7-13/h5-7,12H,1-4,8-9H2,(H,18,19). The molecule has 19 heavy (non-hydrogen) atoms. The number of benzene rings is 1. The lowest BCUT2D eigenvalue weighted by Gasteiger charge is -2.21. The zero-order chi connectivity index (χ0) is 13.4. The average Bonchev–Trinajstić information content (AvgIpc) is 2.80. The second-order valence-electron chi connectivity index (χ2n) is 5.40. The van der Waals surface area contributed by atoms with Crippen molar-refractivity contribution in [3.05, 3.63) is 29.3 Å². The smallest absolute Gasteiger partial charge is 0.308 e. The number of fused-ring (bicyclic) bond motifs is 1. The first kappa shape index (κ1) is 12.2. The predicted octanol–water partition coefficient (Wildman–Crippen LogP) is 2.00. The summed E-state index contributed by atoms with van der Waals surface area (Å²) in [4.78, 5) is 24.5. The van der Waals surface area contributed by atoms with Gasteiger partial charge in [-0.2, -0.15) is 0 Å². The van der Waals surface area contributed by atoms with Crippen molar-refractivity contribution in [3.63, 3.8) is 0 Å². The summed E-state index contributed by atoms with van der Waals surface area (Å²) in [6.45, 7) is 0.299. The summed E-state index contributed by atoms with van der Waals surface area (Å²) >= 11 is 0. The molecule has 0 spiro atoms. The molecule has 100 valence electrons. The van der Waals surface area contributed by atoms with Crippen LogP contribution in [0.15, 0.2) is 18.2 Å². The lowest BCUT2D eigenvalue weighted by molar-refractivity contribution is -0.141. The first-order valence-corrected chi connectivity index (χ1v) is 6.80. The van der Waals surface area contributed by atoms with Gasteiger partial charge in [0, 0.05) is 18.7 Å². The molecule has 1 atom stereocenters. The number of carboxylic acids is 1. The summed E-state index contributed by atoms with van der Waals surface area (Å²) < 4.78 is 0. The Morgan fingerprint density at radius 1 is 1.21 bits per heavy atom. The molecule has 1 N–H and O–H groups in total. The summed E-state index contributed by atoms with van der Waals surface area (Å²) in [5.74, 6) is -1.53. The number of hydrogen-bond acceptors (Lipinski definition) is 2. The highest BCUT2D eigenvalue weighted by molar-refractivity contribution is 5.99. The van der Waals surface area contributed by atoms with Gasteiger partial charge in [0.15, 0.2) is 0 Å². The number of hydrogen-bond donors (Lipinski definition) is 1. The van der Waals surface area contributed by atoms with E-state index in [0.29, 0.717) is 6.54 Å². The molecule has 4 nitrogen and oxygen atoms in total. The van der Waals surface area contributed by atoms with E-state index in [-0.39, 0.29) is 12.3 Å². The van der Waals surface area contributed by atoms with Crippen LogP contribution in [0.3, 0.4) is 0 Å². The molecule has 0 bridgehead atoms. The Bertz CT molecular complexity index is 538. The molecule has 1 unspecified atom stereocenters. The van der Waals surface area contributed by atoms with Crippen molar-refractivity contribution in [1.29, 1.82) is 0 Å². The van der Waals surface area contributed by atoms with Crippen molar-refractivity contribution in [2.45, 2.75) is 32.1 Å². The largest absolute Gasteiger partial charge is 0.481 e. The number of nitrogens with zero attached hydrogens (tertiary/aromatic N) is 1. The number of carbonyl (C=O) groups excluding carboxylic acids is 1. The monoisotopic (exact) mass is 259 g/mol. The molecule has 0 aromatic heterocycles. The third-order valence-corrected chi connectivity index (χ3v) is 4.12. The number of anilines is 1. The van der Waals surface area contributed by atoms with Gasteiger partial charge in [-0.15, -0.1) is 0 Å². The van der Waals surface area contributed by atoms with Gasteiger partial charge in [0.25, 0.3) is 0 Å². The first-order valence-electron chi connectivity index (χ1n) is 6.80. The maximum atomic E-state index is 11.9. The fourth-order valence-corrected chi connectivity index (χ4v) is 3.01. The molecule has 1 heterocycles. The van der Waals surface area contributed by atoms with Crippen LogP contribution in [0.25, 0.3) is 0 Å². The van der Waals surface area contributed by atoms with Crippen LogP contribution in [0.2, 0.25) is 0 Å². The minimum atomic E-state index is -0.881. The quantitative estimate of drug-likeness (QED) is 0.883. The van der Waals surface area contributed by atoms with Crippen molar-refractivity contribution in [1.82, 2.24) is 0 Å². The van der Waals surface area contributed by atoms with E-state index in [1.54, 1.807) is 4.90 Å². The number of amides is 1. The molecule has 2 aliphatic rings. The molecule has 1 aliphatic heterocycles. The van der Waals surface area contributed by atoms with Gasteiger partial charge < -0.3 is 10.0 Å². The second kappa shape index (κ2) is 4.68. The van der Waals surface area contributed by atoms with Crippen molar-refractivity contribution < 1.29 is 14.7 Å². The van der Waals surface area contributed by atoms with Gasteiger partial charge in [-0.3, -0.25) is 9.59 Å². The molecule has 1 aromatic rings. The highest BCUT2D eigenvalue weighted by atomic mass is 16.4. The topological polar surface area (TPSA) is 57.6 Å². The Kier molecular flexibility index (Phi) is 3.01. The van der Waals surface area contributed by atoms with Crippen LogP contribution < -0.4 is 4.90 Å². The van der Waals surface area contributed by atoms with Crippen LogP contribution in [0.5, 0.6) is 0 Å². The van der Waals surface area contributed by atoms with E-state index in [0.717, 1.165) is 18.5 Å². The Balaban J connectivity index is 1.86. The molecule has 1 fully saturated rings. The molecular weight excluding hydrogens is 242 g/mol. The van der Waals surface area contributed by atoms with E-state index < -0.39 is 11.9 Å². The second-order valence-corrected chi connectivity index (χ2v) is 5.40. The van der Waals surface area contributed by atoms with E-state index in [9.17, 15) is 9.59 Å². The first-order chi connectivity index (χ1) is 9.15. The SMILES string of the molecule is O=C(O)C1CC(=O)N(c2ccc3c(c2)CCCC3)C1. The number of aryl methyl sites for hydroxylation is 2. The fourth-order valence-electron chi connectivity index (χ4n) is 3.01. The lowest BCUT2D eigenvalue weighted by atomic mass is 9.91. The molecule has 1 aliphatic carbocycles. The Morgan fingerprint density at radius 2 is 1.95 bits per heavy atom. The normalized spacial score (nSPS) is 22.4. The van der Waals surface area contributed by atoms with Crippen molar-refractivity contribution >= 4 is 17.6 Å². The molecule has 4 heteroatoms. The number of rotatable bonds is 2. The van der Waals surface area contributed by atoms with Gasteiger partial charge in [0.05, 0.1) is 5.92 Å². The predicted molar refractivity (Wildman–Crippen MR) is 71.2 cm³/mol. The summed E-state index contributed by atoms with van der Waals surface area (Å²) in [6.07, 6.45) is 4.72. The van der Waals surface area contributed by atoms with Crippen LogP contribution >= 0.6 is 0 Å². The highest BCUT2D eigenvalue weighted by Crippen LogP contribution is 2.30. The van der Waals surface area contributed by atoms with Crippen molar-refractivity contribution in [2.24, 2.45) is 5.92 Å². The molecule has 1 aromatic carbocycles. The molecule has 1 amide bonds. The minimum Gasteiger partial charge on any atom is -0.481 e. The molecular formula is C15H17NO3.